The van der Waals surface area contributed by atoms with Crippen molar-refractivity contribution in [1.29, 1.82) is 5.41 Å². The topological polar surface area (TPSA) is 62.3 Å². The van der Waals surface area contributed by atoms with Crippen molar-refractivity contribution >= 4 is 5.84 Å². The molecule has 4 heteroatoms. The molecule has 0 aromatic rings. The second-order valence-electron chi connectivity index (χ2n) is 3.59. The molecule has 1 atom stereocenters. The largest absolute Gasteiger partial charge is 0.387 e. The molecular formula is C9H19N3O. The average molecular weight is 185 g/mol. The molecule has 1 unspecified atom stereocenters. The Kier molecular flexibility index (Phi) is 4.18. The summed E-state index contributed by atoms with van der Waals surface area (Å²) in [6.07, 6.45) is 2.22. The first kappa shape index (κ1) is 10.5. The van der Waals surface area contributed by atoms with Crippen molar-refractivity contribution in [3.8, 4) is 0 Å². The number of hydrogen-bond donors (Lipinski definition) is 2. The average Bonchev–Trinajstić information content (AvgIpc) is 2.15. The van der Waals surface area contributed by atoms with Gasteiger partial charge in [-0.15, -0.1) is 0 Å². The third-order valence-corrected chi connectivity index (χ3v) is 2.56. The van der Waals surface area contributed by atoms with Crippen LogP contribution < -0.4 is 5.73 Å². The minimum Gasteiger partial charge on any atom is -0.387 e. The highest BCUT2D eigenvalue weighted by Gasteiger charge is 2.21. The predicted molar refractivity (Wildman–Crippen MR) is 53.0 cm³/mol. The molecule has 13 heavy (non-hydrogen) atoms. The highest BCUT2D eigenvalue weighted by atomic mass is 16.5. The van der Waals surface area contributed by atoms with Crippen LogP contribution in [0.15, 0.2) is 0 Å². The molecule has 0 bridgehead atoms. The Bertz CT molecular complexity index is 172. The molecule has 1 aliphatic heterocycles. The van der Waals surface area contributed by atoms with Gasteiger partial charge < -0.3 is 15.4 Å². The molecule has 76 valence electrons. The first-order valence-electron chi connectivity index (χ1n) is 4.79. The number of amidine groups is 1. The normalized spacial score (nSPS) is 24.5. The molecule has 0 aromatic carbocycles. The lowest BCUT2D eigenvalue weighted by molar-refractivity contribution is 0.126. The summed E-state index contributed by atoms with van der Waals surface area (Å²) in [5.41, 5.74) is 5.48. The van der Waals surface area contributed by atoms with Crippen molar-refractivity contribution in [3.05, 3.63) is 0 Å². The third-order valence-electron chi connectivity index (χ3n) is 2.56. The second-order valence-corrected chi connectivity index (χ2v) is 3.59. The van der Waals surface area contributed by atoms with E-state index in [1.807, 2.05) is 0 Å². The van der Waals surface area contributed by atoms with Crippen molar-refractivity contribution in [1.82, 2.24) is 4.90 Å². The summed E-state index contributed by atoms with van der Waals surface area (Å²) in [5.74, 6) is 0.604. The van der Waals surface area contributed by atoms with Gasteiger partial charge in [-0.05, 0) is 19.4 Å². The number of methoxy groups -OCH3 is 1. The van der Waals surface area contributed by atoms with Crippen molar-refractivity contribution in [2.75, 3.05) is 33.4 Å². The van der Waals surface area contributed by atoms with Gasteiger partial charge >= 0.3 is 0 Å². The quantitative estimate of drug-likeness (QED) is 0.488. The fourth-order valence-corrected chi connectivity index (χ4v) is 1.73. The maximum atomic E-state index is 7.38. The summed E-state index contributed by atoms with van der Waals surface area (Å²) < 4.78 is 5.01. The molecule has 1 rings (SSSR count). The molecule has 0 aromatic heterocycles. The Morgan fingerprint density at radius 1 is 1.69 bits per heavy atom. The third kappa shape index (κ3) is 3.32. The summed E-state index contributed by atoms with van der Waals surface area (Å²) in [6.45, 7) is 3.77. The highest BCUT2D eigenvalue weighted by Crippen LogP contribution is 2.15. The Labute approximate surface area is 79.6 Å². The maximum Gasteiger partial charge on any atom is 0.0949 e. The molecular weight excluding hydrogens is 166 g/mol. The lowest BCUT2D eigenvalue weighted by atomic mass is 9.97. The van der Waals surface area contributed by atoms with Crippen LogP contribution in [0.25, 0.3) is 0 Å². The van der Waals surface area contributed by atoms with Crippen molar-refractivity contribution < 1.29 is 4.74 Å². The number of ether oxygens (including phenoxy) is 1. The van der Waals surface area contributed by atoms with Gasteiger partial charge in [-0.25, -0.2) is 0 Å². The lowest BCUT2D eigenvalue weighted by Crippen LogP contribution is -2.42. The zero-order valence-electron chi connectivity index (χ0n) is 8.25. The van der Waals surface area contributed by atoms with Crippen LogP contribution in [-0.2, 0) is 4.74 Å². The summed E-state index contributed by atoms with van der Waals surface area (Å²) in [4.78, 5) is 2.32. The van der Waals surface area contributed by atoms with Gasteiger partial charge in [-0.3, -0.25) is 5.41 Å². The van der Waals surface area contributed by atoms with Gasteiger partial charge in [-0.1, -0.05) is 0 Å². The van der Waals surface area contributed by atoms with E-state index < -0.39 is 0 Å². The molecule has 0 radical (unpaired) electrons. The Balaban J connectivity index is 2.29. The van der Waals surface area contributed by atoms with Crippen LogP contribution >= 0.6 is 0 Å². The summed E-state index contributed by atoms with van der Waals surface area (Å²) in [5, 5.41) is 7.38. The minimum atomic E-state index is 0.269. The number of nitrogens with one attached hydrogen (secondary N) is 1. The molecule has 1 heterocycles. The number of nitrogens with zero attached hydrogens (tertiary/aromatic N) is 1. The number of nitrogens with two attached hydrogens (primary N) is 1. The van der Waals surface area contributed by atoms with E-state index in [1.54, 1.807) is 7.11 Å². The zero-order chi connectivity index (χ0) is 9.68. The maximum absolute atomic E-state index is 7.38. The first-order valence-corrected chi connectivity index (χ1v) is 4.79. The van der Waals surface area contributed by atoms with Crippen LogP contribution in [0.3, 0.4) is 0 Å². The van der Waals surface area contributed by atoms with Gasteiger partial charge in [0.25, 0.3) is 0 Å². The zero-order valence-corrected chi connectivity index (χ0v) is 8.25. The van der Waals surface area contributed by atoms with E-state index in [1.165, 1.54) is 0 Å². The van der Waals surface area contributed by atoms with Gasteiger partial charge in [0, 0.05) is 26.1 Å². The van der Waals surface area contributed by atoms with E-state index in [9.17, 15) is 0 Å². The van der Waals surface area contributed by atoms with E-state index in [4.69, 9.17) is 15.9 Å². The van der Waals surface area contributed by atoms with Crippen molar-refractivity contribution in [2.45, 2.75) is 12.8 Å². The summed E-state index contributed by atoms with van der Waals surface area (Å²) in [7, 11) is 1.71. The summed E-state index contributed by atoms with van der Waals surface area (Å²) in [6, 6.07) is 0. The van der Waals surface area contributed by atoms with Gasteiger partial charge in [0.2, 0.25) is 0 Å². The van der Waals surface area contributed by atoms with E-state index >= 15 is 0 Å². The molecule has 1 aliphatic rings. The van der Waals surface area contributed by atoms with E-state index in [0.29, 0.717) is 5.84 Å². The second kappa shape index (κ2) is 5.19. The number of piperidine rings is 1. The van der Waals surface area contributed by atoms with Crippen molar-refractivity contribution in [3.63, 3.8) is 0 Å². The van der Waals surface area contributed by atoms with E-state index in [-0.39, 0.29) is 5.92 Å². The standard InChI is InChI=1S/C9H19N3O/c1-13-6-5-12-4-2-3-8(7-12)9(10)11/h8H,2-7H2,1H3,(H3,10,11). The first-order chi connectivity index (χ1) is 6.24. The molecule has 1 fully saturated rings. The van der Waals surface area contributed by atoms with E-state index in [0.717, 1.165) is 39.1 Å². The van der Waals surface area contributed by atoms with Crippen LogP contribution in [0.4, 0.5) is 0 Å². The Morgan fingerprint density at radius 2 is 2.46 bits per heavy atom. The fourth-order valence-electron chi connectivity index (χ4n) is 1.73. The highest BCUT2D eigenvalue weighted by molar-refractivity contribution is 5.79. The number of likely N-dealkylation sites (tertiary alicyclic amines) is 1. The summed E-state index contributed by atoms with van der Waals surface area (Å²) >= 11 is 0. The van der Waals surface area contributed by atoms with Crippen molar-refractivity contribution in [2.24, 2.45) is 11.7 Å². The minimum absolute atomic E-state index is 0.269. The van der Waals surface area contributed by atoms with Crippen LogP contribution in [0.5, 0.6) is 0 Å². The molecule has 4 nitrogen and oxygen atoms in total. The smallest absolute Gasteiger partial charge is 0.0949 e. The Hall–Kier alpha value is -0.610. The molecule has 1 saturated heterocycles. The monoisotopic (exact) mass is 185 g/mol. The molecule has 0 saturated carbocycles. The molecule has 0 spiro atoms. The Morgan fingerprint density at radius 3 is 3.08 bits per heavy atom. The van der Waals surface area contributed by atoms with E-state index in [2.05, 4.69) is 4.90 Å². The van der Waals surface area contributed by atoms with Gasteiger partial charge in [-0.2, -0.15) is 0 Å². The van der Waals surface area contributed by atoms with Crippen LogP contribution in [0.1, 0.15) is 12.8 Å². The molecule has 3 N–H and O–H groups in total. The van der Waals surface area contributed by atoms with Crippen LogP contribution in [0.2, 0.25) is 0 Å². The van der Waals surface area contributed by atoms with Gasteiger partial charge in [0.05, 0.1) is 12.4 Å². The number of hydrogen-bond acceptors (Lipinski definition) is 3. The molecule has 0 aliphatic carbocycles. The predicted octanol–water partition coefficient (Wildman–Crippen LogP) is 0.281. The van der Waals surface area contributed by atoms with Crippen LogP contribution in [0, 0.1) is 11.3 Å². The number of rotatable bonds is 4. The molecule has 0 amide bonds. The fraction of sp³-hybridized carbons (Fsp3) is 0.889. The van der Waals surface area contributed by atoms with Gasteiger partial charge in [0.15, 0.2) is 0 Å². The van der Waals surface area contributed by atoms with Crippen LogP contribution in [-0.4, -0.2) is 44.1 Å². The SMILES string of the molecule is COCCN1CCCC(C(=N)N)C1. The van der Waals surface area contributed by atoms with Gasteiger partial charge in [0.1, 0.15) is 0 Å². The lowest BCUT2D eigenvalue weighted by Gasteiger charge is -2.31.